The Bertz CT molecular complexity index is 825. The van der Waals surface area contributed by atoms with Gasteiger partial charge in [-0.25, -0.2) is 4.79 Å². The number of benzene rings is 2. The number of amides is 1. The molecule has 2 aromatic rings. The van der Waals surface area contributed by atoms with Gasteiger partial charge >= 0.3 is 5.97 Å². The number of rotatable bonds is 7. The van der Waals surface area contributed by atoms with Gasteiger partial charge in [0.25, 0.3) is 5.91 Å². The molecule has 0 aromatic heterocycles. The van der Waals surface area contributed by atoms with Gasteiger partial charge in [0.2, 0.25) is 0 Å². The van der Waals surface area contributed by atoms with Gasteiger partial charge in [0, 0.05) is 10.8 Å². The molecule has 0 aliphatic carbocycles. The van der Waals surface area contributed by atoms with Crippen molar-refractivity contribution in [1.82, 2.24) is 5.32 Å². The number of carbonyl (C=O) groups is 2. The molecular weight excluding hydrogens is 374 g/mol. The second kappa shape index (κ2) is 9.50. The van der Waals surface area contributed by atoms with Crippen molar-refractivity contribution < 1.29 is 18.5 Å². The van der Waals surface area contributed by atoms with Gasteiger partial charge in [0.15, 0.2) is 6.61 Å². The molecule has 0 aliphatic rings. The van der Waals surface area contributed by atoms with Gasteiger partial charge in [-0.2, -0.15) is 0 Å². The van der Waals surface area contributed by atoms with Crippen LogP contribution in [0, 0.1) is 0 Å². The molecule has 0 aliphatic heterocycles. The molecule has 26 heavy (non-hydrogen) atoms. The third-order valence-corrected chi connectivity index (χ3v) is 5.28. The zero-order valence-electron chi connectivity index (χ0n) is 14.5. The van der Waals surface area contributed by atoms with Crippen LogP contribution in [-0.2, 0) is 20.3 Å². The van der Waals surface area contributed by atoms with Crippen LogP contribution in [-0.4, -0.2) is 28.4 Å². The first-order valence-corrected chi connectivity index (χ1v) is 9.81. The maximum Gasteiger partial charge on any atom is 0.339 e. The minimum atomic E-state index is -1.29. The van der Waals surface area contributed by atoms with Crippen molar-refractivity contribution in [3.05, 3.63) is 64.7 Å². The van der Waals surface area contributed by atoms with E-state index in [4.69, 9.17) is 16.3 Å². The first-order valence-electron chi connectivity index (χ1n) is 8.11. The predicted molar refractivity (Wildman–Crippen MR) is 102 cm³/mol. The molecule has 7 heteroatoms. The fraction of sp³-hybridized carbons (Fsp3) is 0.263. The van der Waals surface area contributed by atoms with Gasteiger partial charge in [0.1, 0.15) is 0 Å². The summed E-state index contributed by atoms with van der Waals surface area (Å²) in [6.45, 7) is 3.16. The van der Waals surface area contributed by atoms with Crippen LogP contribution >= 0.6 is 11.6 Å². The van der Waals surface area contributed by atoms with Crippen LogP contribution in [0.5, 0.6) is 0 Å². The molecule has 0 heterocycles. The molecule has 0 saturated carbocycles. The molecule has 1 amide bonds. The Morgan fingerprint density at radius 3 is 2.62 bits per heavy atom. The van der Waals surface area contributed by atoms with Crippen molar-refractivity contribution in [2.75, 3.05) is 12.4 Å². The van der Waals surface area contributed by atoms with Crippen molar-refractivity contribution >= 4 is 34.3 Å². The van der Waals surface area contributed by atoms with Crippen LogP contribution in [0.1, 0.15) is 35.8 Å². The highest BCUT2D eigenvalue weighted by Gasteiger charge is 2.18. The predicted octanol–water partition coefficient (Wildman–Crippen LogP) is 3.50. The summed E-state index contributed by atoms with van der Waals surface area (Å²) < 4.78 is 17.1. The molecular formula is C19H20ClNO4S. The van der Waals surface area contributed by atoms with Crippen molar-refractivity contribution in [3.63, 3.8) is 0 Å². The summed E-state index contributed by atoms with van der Waals surface area (Å²) >= 11 is 5.94. The van der Waals surface area contributed by atoms with E-state index < -0.39 is 29.3 Å². The molecule has 2 atom stereocenters. The molecule has 138 valence electrons. The van der Waals surface area contributed by atoms with Crippen LogP contribution in [0.4, 0.5) is 0 Å². The van der Waals surface area contributed by atoms with E-state index in [0.717, 1.165) is 5.56 Å². The quantitative estimate of drug-likeness (QED) is 0.731. The molecule has 2 aromatic carbocycles. The first kappa shape index (κ1) is 20.1. The average Bonchev–Trinajstić information content (AvgIpc) is 2.65. The van der Waals surface area contributed by atoms with E-state index in [2.05, 4.69) is 5.32 Å². The topological polar surface area (TPSA) is 72.5 Å². The van der Waals surface area contributed by atoms with Gasteiger partial charge < -0.3 is 10.1 Å². The van der Waals surface area contributed by atoms with Crippen molar-refractivity contribution in [2.45, 2.75) is 24.8 Å². The smallest absolute Gasteiger partial charge is 0.339 e. The monoisotopic (exact) mass is 393 g/mol. The summed E-state index contributed by atoms with van der Waals surface area (Å²) in [5.41, 5.74) is 1.06. The maximum atomic E-state index is 12.2. The van der Waals surface area contributed by atoms with E-state index in [-0.39, 0.29) is 11.6 Å². The summed E-state index contributed by atoms with van der Waals surface area (Å²) in [4.78, 5) is 24.7. The van der Waals surface area contributed by atoms with Gasteiger partial charge in [-0.15, -0.1) is 0 Å². The fourth-order valence-corrected chi connectivity index (χ4v) is 3.48. The highest BCUT2D eigenvalue weighted by molar-refractivity contribution is 7.85. The molecule has 0 fully saturated rings. The number of hydrogen-bond donors (Lipinski definition) is 1. The summed E-state index contributed by atoms with van der Waals surface area (Å²) in [6.07, 6.45) is 0. The second-order valence-corrected chi connectivity index (χ2v) is 7.70. The number of carbonyl (C=O) groups excluding carboxylic acids is 2. The Morgan fingerprint density at radius 1 is 1.19 bits per heavy atom. The van der Waals surface area contributed by atoms with Crippen molar-refractivity contribution in [2.24, 2.45) is 0 Å². The fourth-order valence-electron chi connectivity index (χ4n) is 2.34. The van der Waals surface area contributed by atoms with Gasteiger partial charge in [-0.1, -0.05) is 42.8 Å². The standard InChI is InChI=1S/C19H20ClNO4S/c1-3-26(24)17-10-5-4-9-16(17)19(23)25-12-18(22)21-13(2)14-7-6-8-15(20)11-14/h4-11,13H,3,12H2,1-2H3,(H,21,22)/t13-,26-/m1/s1. The van der Waals surface area contributed by atoms with Gasteiger partial charge in [-0.05, 0) is 36.8 Å². The second-order valence-electron chi connectivity index (χ2n) is 5.55. The molecule has 0 spiro atoms. The minimum Gasteiger partial charge on any atom is -0.452 e. The van der Waals surface area contributed by atoms with E-state index in [1.54, 1.807) is 43.3 Å². The Balaban J connectivity index is 1.95. The van der Waals surface area contributed by atoms with Gasteiger partial charge in [0.05, 0.1) is 27.3 Å². The highest BCUT2D eigenvalue weighted by atomic mass is 35.5. The van der Waals surface area contributed by atoms with E-state index >= 15 is 0 Å². The van der Waals surface area contributed by atoms with Crippen molar-refractivity contribution in [1.29, 1.82) is 0 Å². The van der Waals surface area contributed by atoms with Crippen LogP contribution in [0.2, 0.25) is 5.02 Å². The Hall–Kier alpha value is -2.18. The van der Waals surface area contributed by atoms with Gasteiger partial charge in [-0.3, -0.25) is 9.00 Å². The molecule has 2 rings (SSSR count). The van der Waals surface area contributed by atoms with E-state index in [1.807, 2.05) is 13.0 Å². The molecule has 1 N–H and O–H groups in total. The zero-order valence-corrected chi connectivity index (χ0v) is 16.1. The third-order valence-electron chi connectivity index (χ3n) is 3.67. The lowest BCUT2D eigenvalue weighted by Gasteiger charge is -2.15. The number of ether oxygens (including phenoxy) is 1. The van der Waals surface area contributed by atoms with Crippen LogP contribution in [0.3, 0.4) is 0 Å². The molecule has 0 bridgehead atoms. The van der Waals surface area contributed by atoms with E-state index in [0.29, 0.717) is 15.7 Å². The largest absolute Gasteiger partial charge is 0.452 e. The third kappa shape index (κ3) is 5.41. The Kier molecular flexibility index (Phi) is 7.36. The maximum absolute atomic E-state index is 12.2. The molecule has 0 radical (unpaired) electrons. The number of esters is 1. The highest BCUT2D eigenvalue weighted by Crippen LogP contribution is 2.18. The lowest BCUT2D eigenvalue weighted by Crippen LogP contribution is -2.31. The lowest BCUT2D eigenvalue weighted by atomic mass is 10.1. The number of halogens is 1. The number of nitrogens with one attached hydrogen (secondary N) is 1. The zero-order chi connectivity index (χ0) is 19.1. The SMILES string of the molecule is CC[S@@](=O)c1ccccc1C(=O)OCC(=O)N[C@H](C)c1cccc(Cl)c1. The lowest BCUT2D eigenvalue weighted by molar-refractivity contribution is -0.124. The molecule has 5 nitrogen and oxygen atoms in total. The minimum absolute atomic E-state index is 0.211. The average molecular weight is 394 g/mol. The summed E-state index contributed by atoms with van der Waals surface area (Å²) in [7, 11) is -1.29. The summed E-state index contributed by atoms with van der Waals surface area (Å²) in [5.74, 6) is -0.713. The Morgan fingerprint density at radius 2 is 1.92 bits per heavy atom. The van der Waals surface area contributed by atoms with E-state index in [9.17, 15) is 13.8 Å². The number of hydrogen-bond acceptors (Lipinski definition) is 4. The van der Waals surface area contributed by atoms with Crippen LogP contribution in [0.15, 0.2) is 53.4 Å². The van der Waals surface area contributed by atoms with Crippen LogP contribution in [0.25, 0.3) is 0 Å². The summed E-state index contributed by atoms with van der Waals surface area (Å²) in [6, 6.07) is 13.4. The normalized spacial score (nSPS) is 12.9. The summed E-state index contributed by atoms with van der Waals surface area (Å²) in [5, 5.41) is 3.32. The molecule has 0 unspecified atom stereocenters. The van der Waals surface area contributed by atoms with Crippen LogP contribution < -0.4 is 5.32 Å². The Labute approximate surface area is 160 Å². The molecule has 0 saturated heterocycles. The van der Waals surface area contributed by atoms with Crippen molar-refractivity contribution in [3.8, 4) is 0 Å². The van der Waals surface area contributed by atoms with E-state index in [1.165, 1.54) is 6.07 Å². The first-order chi connectivity index (χ1) is 12.4.